The molecule has 1 atom stereocenters. The molecule has 0 radical (unpaired) electrons. The normalized spacial score (nSPS) is 24.6. The monoisotopic (exact) mass is 255 g/mol. The van der Waals surface area contributed by atoms with E-state index < -0.39 is 0 Å². The molecule has 1 aromatic rings. The summed E-state index contributed by atoms with van der Waals surface area (Å²) >= 11 is 3.51. The fraction of sp³-hybridized carbons (Fsp3) is 0.455. The highest BCUT2D eigenvalue weighted by Gasteiger charge is 2.34. The van der Waals surface area contributed by atoms with E-state index >= 15 is 0 Å². The van der Waals surface area contributed by atoms with Crippen LogP contribution in [-0.2, 0) is 10.3 Å². The predicted molar refractivity (Wildman–Crippen MR) is 61.4 cm³/mol. The molecule has 2 nitrogen and oxygen atoms in total. The van der Waals surface area contributed by atoms with E-state index in [0.29, 0.717) is 0 Å². The van der Waals surface area contributed by atoms with Crippen molar-refractivity contribution in [3.63, 3.8) is 0 Å². The molecule has 1 unspecified atom stereocenters. The van der Waals surface area contributed by atoms with Gasteiger partial charge in [-0.3, -0.25) is 3.93 Å². The average Bonchev–Trinajstić information content (AvgIpc) is 2.14. The zero-order valence-electron chi connectivity index (χ0n) is 8.62. The third-order valence-electron chi connectivity index (χ3n) is 2.57. The van der Waals surface area contributed by atoms with Crippen LogP contribution in [0.4, 0.5) is 5.69 Å². The van der Waals surface area contributed by atoms with Crippen molar-refractivity contribution in [2.75, 3.05) is 3.93 Å². The Kier molecular flexibility index (Phi) is 2.32. The largest absolute Gasteiger partial charge is 0.347 e. The maximum Gasteiger partial charge on any atom is 0.138 e. The number of hydrogen-bond acceptors (Lipinski definition) is 2. The van der Waals surface area contributed by atoms with Crippen LogP contribution in [0, 0.1) is 0 Å². The Morgan fingerprint density at radius 3 is 2.71 bits per heavy atom. The van der Waals surface area contributed by atoms with Crippen LogP contribution < -0.4 is 3.93 Å². The predicted octanol–water partition coefficient (Wildman–Crippen LogP) is 3.41. The van der Waals surface area contributed by atoms with Crippen molar-refractivity contribution in [1.82, 2.24) is 0 Å². The number of para-hydroxylation sites is 1. The number of fused-ring (bicyclic) bond motifs is 1. The fourth-order valence-electron chi connectivity index (χ4n) is 1.90. The minimum Gasteiger partial charge on any atom is -0.347 e. The molecule has 0 saturated heterocycles. The Balaban J connectivity index is 2.56. The zero-order valence-corrected chi connectivity index (χ0v) is 10.2. The van der Waals surface area contributed by atoms with Crippen molar-refractivity contribution >= 4 is 21.8 Å². The van der Waals surface area contributed by atoms with E-state index in [9.17, 15) is 0 Å². The van der Waals surface area contributed by atoms with Crippen molar-refractivity contribution in [2.24, 2.45) is 0 Å². The van der Waals surface area contributed by atoms with Gasteiger partial charge in [0, 0.05) is 5.56 Å². The Labute approximate surface area is 93.2 Å². The first kappa shape index (κ1) is 9.99. The van der Waals surface area contributed by atoms with Crippen LogP contribution >= 0.6 is 16.1 Å². The van der Waals surface area contributed by atoms with Gasteiger partial charge in [0.1, 0.15) is 6.23 Å². The van der Waals surface area contributed by atoms with Gasteiger partial charge in [0.2, 0.25) is 0 Å². The van der Waals surface area contributed by atoms with Gasteiger partial charge >= 0.3 is 0 Å². The molecule has 0 saturated carbocycles. The lowest BCUT2D eigenvalue weighted by molar-refractivity contribution is -0.0695. The molecular formula is C11H14BrNO. The topological polar surface area (TPSA) is 12.5 Å². The molecule has 0 aromatic heterocycles. The summed E-state index contributed by atoms with van der Waals surface area (Å²) in [6.07, 6.45) is 0.0555. The van der Waals surface area contributed by atoms with Crippen molar-refractivity contribution in [1.29, 1.82) is 0 Å². The van der Waals surface area contributed by atoms with Gasteiger partial charge in [-0.05, 0) is 26.8 Å². The smallest absolute Gasteiger partial charge is 0.138 e. The summed E-state index contributed by atoms with van der Waals surface area (Å²) in [7, 11) is 0. The molecule has 76 valence electrons. The Morgan fingerprint density at radius 2 is 2.00 bits per heavy atom. The van der Waals surface area contributed by atoms with E-state index in [1.807, 2.05) is 23.0 Å². The van der Waals surface area contributed by atoms with Gasteiger partial charge in [0.25, 0.3) is 0 Å². The molecule has 0 aliphatic carbocycles. The second kappa shape index (κ2) is 3.24. The van der Waals surface area contributed by atoms with Crippen molar-refractivity contribution in [3.05, 3.63) is 29.8 Å². The molecule has 3 heteroatoms. The standard InChI is InChI=1S/C11H14BrNO/c1-8-13(12)10-7-5-4-6-9(10)11(2,3)14-8/h4-8H,1-3H3. The van der Waals surface area contributed by atoms with Gasteiger partial charge in [-0.15, -0.1) is 0 Å². The lowest BCUT2D eigenvalue weighted by Gasteiger charge is -2.41. The van der Waals surface area contributed by atoms with E-state index in [1.54, 1.807) is 0 Å². The highest BCUT2D eigenvalue weighted by molar-refractivity contribution is 9.10. The molecule has 14 heavy (non-hydrogen) atoms. The lowest BCUT2D eigenvalue weighted by Crippen LogP contribution is -2.40. The number of ether oxygens (including phenoxy) is 1. The fourth-order valence-corrected chi connectivity index (χ4v) is 2.29. The summed E-state index contributed by atoms with van der Waals surface area (Å²) in [5, 5.41) is 0. The molecule has 1 heterocycles. The highest BCUT2D eigenvalue weighted by atomic mass is 79.9. The van der Waals surface area contributed by atoms with E-state index in [-0.39, 0.29) is 11.8 Å². The van der Waals surface area contributed by atoms with Gasteiger partial charge in [0.15, 0.2) is 0 Å². The van der Waals surface area contributed by atoms with E-state index in [0.717, 1.165) is 0 Å². The summed E-state index contributed by atoms with van der Waals surface area (Å²) in [6.45, 7) is 6.23. The molecule has 2 rings (SSSR count). The van der Waals surface area contributed by atoms with Crippen LogP contribution in [0.25, 0.3) is 0 Å². The van der Waals surface area contributed by atoms with Gasteiger partial charge in [-0.1, -0.05) is 18.2 Å². The molecule has 0 spiro atoms. The molecule has 1 aliphatic heterocycles. The molecule has 0 N–H and O–H groups in total. The van der Waals surface area contributed by atoms with E-state index in [4.69, 9.17) is 4.74 Å². The summed E-state index contributed by atoms with van der Waals surface area (Å²) in [4.78, 5) is 0. The van der Waals surface area contributed by atoms with Crippen LogP contribution in [0.1, 0.15) is 26.3 Å². The zero-order chi connectivity index (χ0) is 10.3. The molecule has 1 aromatic carbocycles. The van der Waals surface area contributed by atoms with Crippen LogP contribution in [0.5, 0.6) is 0 Å². The summed E-state index contributed by atoms with van der Waals surface area (Å²) in [5.74, 6) is 0. The molecule has 0 bridgehead atoms. The number of anilines is 1. The van der Waals surface area contributed by atoms with E-state index in [1.165, 1.54) is 11.3 Å². The number of nitrogens with zero attached hydrogens (tertiary/aromatic N) is 1. The van der Waals surface area contributed by atoms with Crippen molar-refractivity contribution in [2.45, 2.75) is 32.6 Å². The first-order valence-corrected chi connectivity index (χ1v) is 5.45. The molecule has 1 aliphatic rings. The van der Waals surface area contributed by atoms with Gasteiger partial charge in [-0.2, -0.15) is 0 Å². The Hall–Kier alpha value is -0.540. The van der Waals surface area contributed by atoms with Gasteiger partial charge < -0.3 is 4.74 Å². The maximum atomic E-state index is 5.89. The summed E-state index contributed by atoms with van der Waals surface area (Å²) < 4.78 is 7.87. The SMILES string of the molecule is CC1OC(C)(C)c2ccccc2N1Br. The van der Waals surface area contributed by atoms with Crippen LogP contribution in [-0.4, -0.2) is 6.23 Å². The van der Waals surface area contributed by atoms with Crippen LogP contribution in [0.3, 0.4) is 0 Å². The first-order chi connectivity index (χ1) is 6.52. The third kappa shape index (κ3) is 1.44. The van der Waals surface area contributed by atoms with Crippen molar-refractivity contribution in [3.8, 4) is 0 Å². The number of hydrogen-bond donors (Lipinski definition) is 0. The second-order valence-electron chi connectivity index (χ2n) is 4.06. The van der Waals surface area contributed by atoms with Crippen LogP contribution in [0.2, 0.25) is 0 Å². The van der Waals surface area contributed by atoms with Gasteiger partial charge in [0.05, 0.1) is 27.4 Å². The molecule has 0 amide bonds. The minimum atomic E-state index is -0.208. The maximum absolute atomic E-state index is 5.89. The molecular weight excluding hydrogens is 242 g/mol. The molecule has 0 fully saturated rings. The quantitative estimate of drug-likeness (QED) is 0.659. The average molecular weight is 256 g/mol. The highest BCUT2D eigenvalue weighted by Crippen LogP contribution is 2.41. The Bertz CT molecular complexity index is 351. The first-order valence-electron chi connectivity index (χ1n) is 4.75. The lowest BCUT2D eigenvalue weighted by atomic mass is 9.94. The Morgan fingerprint density at radius 1 is 1.36 bits per heavy atom. The number of benzene rings is 1. The summed E-state index contributed by atoms with van der Waals surface area (Å²) in [6, 6.07) is 8.29. The van der Waals surface area contributed by atoms with E-state index in [2.05, 4.69) is 42.1 Å². The number of halogens is 1. The third-order valence-corrected chi connectivity index (χ3v) is 3.53. The van der Waals surface area contributed by atoms with Gasteiger partial charge in [-0.25, -0.2) is 0 Å². The second-order valence-corrected chi connectivity index (χ2v) is 4.82. The van der Waals surface area contributed by atoms with Crippen LogP contribution in [0.15, 0.2) is 24.3 Å². The summed E-state index contributed by atoms with van der Waals surface area (Å²) in [5.41, 5.74) is 2.20. The minimum absolute atomic E-state index is 0.0555. The van der Waals surface area contributed by atoms with Crippen molar-refractivity contribution < 1.29 is 4.74 Å². The number of rotatable bonds is 0.